The summed E-state index contributed by atoms with van der Waals surface area (Å²) in [4.78, 5) is 13.3. The minimum Gasteiger partial charge on any atom is -0.478 e. The molecule has 0 radical (unpaired) electrons. The Morgan fingerprint density at radius 2 is 2.37 bits per heavy atom. The number of benzene rings is 1. The fourth-order valence-corrected chi connectivity index (χ4v) is 2.51. The Kier molecular flexibility index (Phi) is 4.27. The van der Waals surface area contributed by atoms with Gasteiger partial charge in [-0.1, -0.05) is 6.92 Å². The monoisotopic (exact) mass is 263 g/mol. The van der Waals surface area contributed by atoms with E-state index >= 15 is 0 Å². The number of aromatic carboxylic acids is 1. The summed E-state index contributed by atoms with van der Waals surface area (Å²) in [6.45, 7) is 5.39. The Morgan fingerprint density at radius 3 is 3.00 bits per heavy atom. The Bertz CT molecular complexity index is 462. The van der Waals surface area contributed by atoms with Gasteiger partial charge in [0.25, 0.3) is 0 Å². The molecule has 1 saturated heterocycles. The third-order valence-electron chi connectivity index (χ3n) is 3.61. The van der Waals surface area contributed by atoms with Gasteiger partial charge in [-0.05, 0) is 44.1 Å². The first kappa shape index (κ1) is 13.7. The molecule has 19 heavy (non-hydrogen) atoms. The summed E-state index contributed by atoms with van der Waals surface area (Å²) in [6.07, 6.45) is 2.30. The van der Waals surface area contributed by atoms with Gasteiger partial charge in [-0.3, -0.25) is 0 Å². The van der Waals surface area contributed by atoms with Crippen molar-refractivity contribution in [3.63, 3.8) is 0 Å². The minimum absolute atomic E-state index is 0.224. The molecule has 0 aliphatic carbocycles. The largest absolute Gasteiger partial charge is 0.478 e. The number of likely N-dealkylation sites (tertiary alicyclic amines) is 1. The van der Waals surface area contributed by atoms with Crippen LogP contribution in [0.25, 0.3) is 0 Å². The zero-order valence-corrected chi connectivity index (χ0v) is 11.2. The maximum Gasteiger partial charge on any atom is 0.335 e. The predicted molar refractivity (Wildman–Crippen MR) is 76.6 cm³/mol. The van der Waals surface area contributed by atoms with Crippen LogP contribution in [-0.4, -0.2) is 41.7 Å². The topological polar surface area (TPSA) is 78.6 Å². The lowest BCUT2D eigenvalue weighted by Gasteiger charge is -2.33. The average Bonchev–Trinajstić information content (AvgIpc) is 2.41. The second-order valence-corrected chi connectivity index (χ2v) is 4.98. The van der Waals surface area contributed by atoms with E-state index in [0.29, 0.717) is 11.7 Å². The van der Waals surface area contributed by atoms with Crippen molar-refractivity contribution in [2.75, 3.05) is 30.7 Å². The van der Waals surface area contributed by atoms with E-state index in [9.17, 15) is 4.79 Å². The van der Waals surface area contributed by atoms with Gasteiger partial charge >= 0.3 is 5.97 Å². The van der Waals surface area contributed by atoms with Crippen LogP contribution in [0.3, 0.4) is 0 Å². The molecule has 0 saturated carbocycles. The van der Waals surface area contributed by atoms with E-state index in [1.165, 1.54) is 12.5 Å². The number of hydrogen-bond donors (Lipinski definition) is 3. The Balaban J connectivity index is 2.04. The van der Waals surface area contributed by atoms with E-state index in [1.807, 2.05) is 0 Å². The summed E-state index contributed by atoms with van der Waals surface area (Å²) in [5.41, 5.74) is 7.45. The van der Waals surface area contributed by atoms with Crippen molar-refractivity contribution in [3.8, 4) is 0 Å². The molecule has 0 spiro atoms. The first-order chi connectivity index (χ1) is 9.10. The summed E-state index contributed by atoms with van der Waals surface area (Å²) >= 11 is 0. The molecule has 1 fully saturated rings. The van der Waals surface area contributed by atoms with Crippen LogP contribution >= 0.6 is 0 Å². The standard InChI is InChI=1S/C14H21N3O2/c1-2-17-7-3-4-11(9-17)16-13-6-5-10(14(18)19)8-12(13)15/h5-6,8,11,16H,2-4,7,9,15H2,1H3,(H,18,19). The predicted octanol–water partition coefficient (Wildman–Crippen LogP) is 1.86. The zero-order chi connectivity index (χ0) is 13.8. The molecular formula is C14H21N3O2. The van der Waals surface area contributed by atoms with Gasteiger partial charge in [0.2, 0.25) is 0 Å². The van der Waals surface area contributed by atoms with Crippen LogP contribution in [0.2, 0.25) is 0 Å². The van der Waals surface area contributed by atoms with E-state index in [4.69, 9.17) is 10.8 Å². The maximum absolute atomic E-state index is 10.9. The van der Waals surface area contributed by atoms with Gasteiger partial charge in [-0.25, -0.2) is 4.79 Å². The second kappa shape index (κ2) is 5.93. The van der Waals surface area contributed by atoms with Crippen molar-refractivity contribution in [2.24, 2.45) is 0 Å². The number of piperidine rings is 1. The number of hydrogen-bond acceptors (Lipinski definition) is 4. The summed E-state index contributed by atoms with van der Waals surface area (Å²) < 4.78 is 0. The fraction of sp³-hybridized carbons (Fsp3) is 0.500. The highest BCUT2D eigenvalue weighted by molar-refractivity contribution is 5.90. The Hall–Kier alpha value is -1.75. The molecule has 4 N–H and O–H groups in total. The van der Waals surface area contributed by atoms with Gasteiger partial charge in [0.15, 0.2) is 0 Å². The van der Waals surface area contributed by atoms with Crippen LogP contribution in [-0.2, 0) is 0 Å². The van der Waals surface area contributed by atoms with Gasteiger partial charge in [-0.2, -0.15) is 0 Å². The van der Waals surface area contributed by atoms with Crippen LogP contribution < -0.4 is 11.1 Å². The first-order valence-electron chi connectivity index (χ1n) is 6.72. The van der Waals surface area contributed by atoms with E-state index < -0.39 is 5.97 Å². The molecule has 104 valence electrons. The fourth-order valence-electron chi connectivity index (χ4n) is 2.51. The molecule has 0 bridgehead atoms. The number of nitrogens with two attached hydrogens (primary N) is 1. The smallest absolute Gasteiger partial charge is 0.335 e. The molecule has 5 heteroatoms. The number of carbonyl (C=O) groups is 1. The molecule has 1 aliphatic rings. The number of rotatable bonds is 4. The van der Waals surface area contributed by atoms with Gasteiger partial charge in [0.05, 0.1) is 16.9 Å². The number of nitrogens with one attached hydrogen (secondary N) is 1. The van der Waals surface area contributed by atoms with Crippen LogP contribution in [0.5, 0.6) is 0 Å². The molecule has 1 aliphatic heterocycles. The number of likely N-dealkylation sites (N-methyl/N-ethyl adjacent to an activating group) is 1. The van der Waals surface area contributed by atoms with Crippen molar-refractivity contribution >= 4 is 17.3 Å². The van der Waals surface area contributed by atoms with E-state index in [2.05, 4.69) is 17.1 Å². The third kappa shape index (κ3) is 3.38. The Labute approximate surface area is 113 Å². The average molecular weight is 263 g/mol. The molecule has 5 nitrogen and oxygen atoms in total. The number of nitrogens with zero attached hydrogens (tertiary/aromatic N) is 1. The Morgan fingerprint density at radius 1 is 1.58 bits per heavy atom. The highest BCUT2D eigenvalue weighted by Gasteiger charge is 2.19. The van der Waals surface area contributed by atoms with E-state index in [0.717, 1.165) is 31.7 Å². The van der Waals surface area contributed by atoms with Crippen LogP contribution in [0.1, 0.15) is 30.1 Å². The number of anilines is 2. The summed E-state index contributed by atoms with van der Waals surface area (Å²) in [7, 11) is 0. The number of nitrogen functional groups attached to an aromatic ring is 1. The van der Waals surface area contributed by atoms with Crippen LogP contribution in [0.4, 0.5) is 11.4 Å². The lowest BCUT2D eigenvalue weighted by molar-refractivity contribution is 0.0697. The summed E-state index contributed by atoms with van der Waals surface area (Å²) in [6, 6.07) is 5.22. The minimum atomic E-state index is -0.951. The number of carboxylic acids is 1. The molecule has 1 heterocycles. The second-order valence-electron chi connectivity index (χ2n) is 4.98. The molecule has 0 amide bonds. The van der Waals surface area contributed by atoms with Crippen molar-refractivity contribution < 1.29 is 9.90 Å². The quantitative estimate of drug-likeness (QED) is 0.723. The third-order valence-corrected chi connectivity index (χ3v) is 3.61. The molecule has 1 aromatic carbocycles. The summed E-state index contributed by atoms with van der Waals surface area (Å²) in [5, 5.41) is 12.3. The molecule has 1 unspecified atom stereocenters. The highest BCUT2D eigenvalue weighted by atomic mass is 16.4. The van der Waals surface area contributed by atoms with Gasteiger partial charge in [-0.15, -0.1) is 0 Å². The lowest BCUT2D eigenvalue weighted by Crippen LogP contribution is -2.41. The molecule has 2 rings (SSSR count). The SMILES string of the molecule is CCN1CCCC(Nc2ccc(C(=O)O)cc2N)C1. The van der Waals surface area contributed by atoms with Crippen molar-refractivity contribution in [3.05, 3.63) is 23.8 Å². The van der Waals surface area contributed by atoms with Gasteiger partial charge in [0.1, 0.15) is 0 Å². The maximum atomic E-state index is 10.9. The zero-order valence-electron chi connectivity index (χ0n) is 11.2. The van der Waals surface area contributed by atoms with Gasteiger partial charge in [0, 0.05) is 12.6 Å². The van der Waals surface area contributed by atoms with Crippen LogP contribution in [0.15, 0.2) is 18.2 Å². The summed E-state index contributed by atoms with van der Waals surface area (Å²) in [5.74, 6) is -0.951. The van der Waals surface area contributed by atoms with E-state index in [1.54, 1.807) is 12.1 Å². The first-order valence-corrected chi connectivity index (χ1v) is 6.72. The van der Waals surface area contributed by atoms with Crippen molar-refractivity contribution in [2.45, 2.75) is 25.8 Å². The molecule has 1 aromatic rings. The lowest BCUT2D eigenvalue weighted by atomic mass is 10.0. The molecule has 1 atom stereocenters. The van der Waals surface area contributed by atoms with Gasteiger partial charge < -0.3 is 21.1 Å². The number of carboxylic acid groups (broad SMARTS) is 1. The van der Waals surface area contributed by atoms with Crippen LogP contribution in [0, 0.1) is 0 Å². The molecular weight excluding hydrogens is 242 g/mol. The van der Waals surface area contributed by atoms with Crippen molar-refractivity contribution in [1.29, 1.82) is 0 Å². The van der Waals surface area contributed by atoms with Crippen molar-refractivity contribution in [1.82, 2.24) is 4.90 Å². The molecule has 0 aromatic heterocycles. The normalized spacial score (nSPS) is 20.2. The van der Waals surface area contributed by atoms with E-state index in [-0.39, 0.29) is 5.56 Å². The highest BCUT2D eigenvalue weighted by Crippen LogP contribution is 2.23.